The molecule has 0 unspecified atom stereocenters. The molecule has 2 aliphatic rings. The first-order chi connectivity index (χ1) is 19.7. The molecule has 218 valence electrons. The average Bonchev–Trinajstić information content (AvgIpc) is 3.62. The molecule has 10 nitrogen and oxygen atoms in total. The van der Waals surface area contributed by atoms with Crippen LogP contribution in [0.25, 0.3) is 0 Å². The summed E-state index contributed by atoms with van der Waals surface area (Å²) < 4.78 is 6.58. The maximum Gasteiger partial charge on any atom is 0.257 e. The zero-order chi connectivity index (χ0) is 29.1. The van der Waals surface area contributed by atoms with Crippen molar-refractivity contribution in [3.63, 3.8) is 0 Å². The molecule has 41 heavy (non-hydrogen) atoms. The lowest BCUT2D eigenvalue weighted by atomic mass is 10.1. The van der Waals surface area contributed by atoms with E-state index in [1.807, 2.05) is 38.2 Å². The number of methoxy groups -OCH3 is 1. The van der Waals surface area contributed by atoms with Crippen molar-refractivity contribution in [1.29, 1.82) is 0 Å². The Hall–Kier alpha value is -3.38. The molecule has 0 bridgehead atoms. The predicted molar refractivity (Wildman–Crippen MR) is 163 cm³/mol. The molecule has 2 aliphatic heterocycles. The smallest absolute Gasteiger partial charge is 0.257 e. The lowest BCUT2D eigenvalue weighted by Gasteiger charge is -2.34. The van der Waals surface area contributed by atoms with Gasteiger partial charge in [0.2, 0.25) is 5.91 Å². The third kappa shape index (κ3) is 6.59. The summed E-state index contributed by atoms with van der Waals surface area (Å²) in [6, 6.07) is 6.35. The first kappa shape index (κ1) is 29.1. The number of anilines is 3. The minimum Gasteiger partial charge on any atom is -0.496 e. The van der Waals surface area contributed by atoms with Gasteiger partial charge in [-0.1, -0.05) is 30.0 Å². The lowest BCUT2D eigenvalue weighted by Crippen LogP contribution is -2.50. The molecule has 1 atom stereocenters. The predicted octanol–water partition coefficient (Wildman–Crippen LogP) is 5.14. The van der Waals surface area contributed by atoms with E-state index >= 15 is 0 Å². The van der Waals surface area contributed by atoms with Crippen molar-refractivity contribution in [1.82, 2.24) is 24.8 Å². The van der Waals surface area contributed by atoms with E-state index < -0.39 is 0 Å². The van der Waals surface area contributed by atoms with Crippen molar-refractivity contribution in [2.75, 3.05) is 50.1 Å². The number of aryl methyl sites for hydroxylation is 2. The zero-order valence-corrected chi connectivity index (χ0v) is 25.9. The highest BCUT2D eigenvalue weighted by atomic mass is 32.2. The molecule has 2 fully saturated rings. The standard InChI is InChI=1S/C29H37N7O3S2/c1-6-21-8-7-9-36(21)26-16-25(31-19(3)32-26)33-29-30-17-27(41-29)40-24-15-22(23(39-5)14-18(24)2)28(38)35-12-10-34(11-13-35)20(4)37/h14-17,21H,6-13H2,1-5H3,(H,30,31,32,33)/t21-/m0/s1. The van der Waals surface area contributed by atoms with E-state index in [9.17, 15) is 9.59 Å². The molecule has 3 aromatic rings. The molecular formula is C29H37N7O3S2. The number of carbonyl (C=O) groups is 2. The Kier molecular flexibility index (Phi) is 8.98. The molecule has 2 saturated heterocycles. The van der Waals surface area contributed by atoms with Crippen LogP contribution in [-0.2, 0) is 4.79 Å². The molecule has 0 saturated carbocycles. The fourth-order valence-corrected chi connectivity index (χ4v) is 7.36. The van der Waals surface area contributed by atoms with Crippen LogP contribution in [0, 0.1) is 13.8 Å². The van der Waals surface area contributed by atoms with Crippen molar-refractivity contribution < 1.29 is 14.3 Å². The van der Waals surface area contributed by atoms with E-state index in [-0.39, 0.29) is 11.8 Å². The molecule has 5 rings (SSSR count). The van der Waals surface area contributed by atoms with Crippen LogP contribution in [0.15, 0.2) is 33.5 Å². The van der Waals surface area contributed by atoms with Gasteiger partial charge in [0.15, 0.2) is 5.13 Å². The summed E-state index contributed by atoms with van der Waals surface area (Å²) in [7, 11) is 1.58. The second-order valence-electron chi connectivity index (χ2n) is 10.4. The first-order valence-electron chi connectivity index (χ1n) is 14.0. The number of benzene rings is 1. The van der Waals surface area contributed by atoms with Gasteiger partial charge in [0, 0.05) is 56.7 Å². The average molecular weight is 596 g/mol. The summed E-state index contributed by atoms with van der Waals surface area (Å²) in [5.74, 6) is 2.93. The van der Waals surface area contributed by atoms with Crippen LogP contribution in [0.2, 0.25) is 0 Å². The van der Waals surface area contributed by atoms with Gasteiger partial charge in [-0.25, -0.2) is 15.0 Å². The number of aromatic nitrogens is 3. The highest BCUT2D eigenvalue weighted by Crippen LogP contribution is 2.39. The molecule has 2 amide bonds. The molecule has 4 heterocycles. The number of ether oxygens (including phenoxy) is 1. The van der Waals surface area contributed by atoms with E-state index in [2.05, 4.69) is 27.1 Å². The number of hydrogen-bond acceptors (Lipinski definition) is 10. The fourth-order valence-electron chi connectivity index (χ4n) is 5.41. The van der Waals surface area contributed by atoms with Crippen LogP contribution in [0.5, 0.6) is 5.75 Å². The minimum absolute atomic E-state index is 0.0362. The molecule has 2 aromatic heterocycles. The van der Waals surface area contributed by atoms with E-state index in [0.717, 1.165) is 50.2 Å². The second kappa shape index (κ2) is 12.6. The summed E-state index contributed by atoms with van der Waals surface area (Å²) >= 11 is 3.11. The zero-order valence-electron chi connectivity index (χ0n) is 24.3. The number of nitrogens with one attached hydrogen (secondary N) is 1. The van der Waals surface area contributed by atoms with Crippen LogP contribution in [0.3, 0.4) is 0 Å². The monoisotopic (exact) mass is 595 g/mol. The Labute approximate surface area is 249 Å². The van der Waals surface area contributed by atoms with E-state index in [1.165, 1.54) is 24.2 Å². The SMILES string of the molecule is CC[C@H]1CCCN1c1cc(Nc2ncc(Sc3cc(C(=O)N4CCN(C(C)=O)CC4)c(OC)cc3C)s2)nc(C)n1. The van der Waals surface area contributed by atoms with E-state index in [0.29, 0.717) is 43.5 Å². The number of rotatable bonds is 8. The largest absolute Gasteiger partial charge is 0.496 e. The van der Waals surface area contributed by atoms with Gasteiger partial charge in [-0.15, -0.1) is 0 Å². The number of hydrogen-bond donors (Lipinski definition) is 1. The molecular weight excluding hydrogens is 558 g/mol. The highest BCUT2D eigenvalue weighted by Gasteiger charge is 2.27. The van der Waals surface area contributed by atoms with E-state index in [1.54, 1.807) is 35.6 Å². The summed E-state index contributed by atoms with van der Waals surface area (Å²) in [4.78, 5) is 46.0. The lowest BCUT2D eigenvalue weighted by molar-refractivity contribution is -0.130. The summed E-state index contributed by atoms with van der Waals surface area (Å²) in [5.41, 5.74) is 1.54. The van der Waals surface area contributed by atoms with E-state index in [4.69, 9.17) is 9.72 Å². The van der Waals surface area contributed by atoms with Gasteiger partial charge in [-0.3, -0.25) is 9.59 Å². The maximum atomic E-state index is 13.5. The van der Waals surface area contributed by atoms with Crippen LogP contribution in [0.1, 0.15) is 54.9 Å². The van der Waals surface area contributed by atoms with Crippen molar-refractivity contribution in [2.24, 2.45) is 0 Å². The van der Waals surface area contributed by atoms with Crippen LogP contribution in [-0.4, -0.2) is 82.4 Å². The Morgan fingerprint density at radius 3 is 2.56 bits per heavy atom. The van der Waals surface area contributed by atoms with Crippen LogP contribution >= 0.6 is 23.1 Å². The van der Waals surface area contributed by atoms with Crippen LogP contribution < -0.4 is 15.0 Å². The Morgan fingerprint density at radius 2 is 1.85 bits per heavy atom. The van der Waals surface area contributed by atoms with Gasteiger partial charge in [-0.2, -0.15) is 0 Å². The van der Waals surface area contributed by atoms with Gasteiger partial charge in [0.25, 0.3) is 5.91 Å². The van der Waals surface area contributed by atoms with Crippen molar-refractivity contribution in [3.05, 3.63) is 41.3 Å². The Balaban J connectivity index is 1.31. The number of thiazole rings is 1. The number of piperazine rings is 1. The summed E-state index contributed by atoms with van der Waals surface area (Å²) in [6.45, 7) is 10.8. The number of carbonyl (C=O) groups excluding carboxylic acids is 2. The fraction of sp³-hybridized carbons (Fsp3) is 0.483. The maximum absolute atomic E-state index is 13.5. The Morgan fingerprint density at radius 1 is 1.10 bits per heavy atom. The normalized spacial score (nSPS) is 17.2. The van der Waals surface area contributed by atoms with Crippen molar-refractivity contribution in [3.8, 4) is 5.75 Å². The van der Waals surface area contributed by atoms with Crippen LogP contribution in [0.4, 0.5) is 16.8 Å². The molecule has 0 radical (unpaired) electrons. The third-order valence-corrected chi connectivity index (χ3v) is 9.81. The van der Waals surface area contributed by atoms with Gasteiger partial charge in [0.05, 0.1) is 23.1 Å². The van der Waals surface area contributed by atoms with Crippen molar-refractivity contribution in [2.45, 2.75) is 62.1 Å². The molecule has 12 heteroatoms. The second-order valence-corrected chi connectivity index (χ2v) is 12.8. The molecule has 1 aromatic carbocycles. The minimum atomic E-state index is -0.0863. The molecule has 1 N–H and O–H groups in total. The number of amides is 2. The topological polar surface area (TPSA) is 104 Å². The summed E-state index contributed by atoms with van der Waals surface area (Å²) in [5, 5.41) is 4.12. The first-order valence-corrected chi connectivity index (χ1v) is 15.7. The molecule has 0 aliphatic carbocycles. The Bertz CT molecular complexity index is 1420. The number of nitrogens with zero attached hydrogens (tertiary/aromatic N) is 6. The van der Waals surface area contributed by atoms with Gasteiger partial charge in [0.1, 0.15) is 23.2 Å². The van der Waals surface area contributed by atoms with Gasteiger partial charge < -0.3 is 24.8 Å². The third-order valence-electron chi connectivity index (χ3n) is 7.64. The van der Waals surface area contributed by atoms with Gasteiger partial charge in [-0.05, 0) is 50.8 Å². The molecule has 0 spiro atoms. The van der Waals surface area contributed by atoms with Crippen molar-refractivity contribution >= 4 is 51.7 Å². The summed E-state index contributed by atoms with van der Waals surface area (Å²) in [6.07, 6.45) is 5.33. The highest BCUT2D eigenvalue weighted by molar-refractivity contribution is 8.01. The van der Waals surface area contributed by atoms with Gasteiger partial charge >= 0.3 is 0 Å². The quantitative estimate of drug-likeness (QED) is 0.379.